The Hall–Kier alpha value is -0.610. The number of ether oxygens (including phenoxy) is 1. The highest BCUT2D eigenvalue weighted by Crippen LogP contribution is 2.43. The Morgan fingerprint density at radius 3 is 2.52 bits per heavy atom. The van der Waals surface area contributed by atoms with Crippen molar-refractivity contribution in [3.63, 3.8) is 0 Å². The van der Waals surface area contributed by atoms with Crippen molar-refractivity contribution in [3.05, 3.63) is 0 Å². The van der Waals surface area contributed by atoms with Crippen LogP contribution in [-0.4, -0.2) is 35.9 Å². The average molecular weight is 323 g/mol. The van der Waals surface area contributed by atoms with E-state index in [1.54, 1.807) is 0 Å². The van der Waals surface area contributed by atoms with Crippen LogP contribution in [0, 0.1) is 17.8 Å². The highest BCUT2D eigenvalue weighted by Gasteiger charge is 2.42. The smallest absolute Gasteiger partial charge is 0.225 e. The Labute approximate surface area is 140 Å². The largest absolute Gasteiger partial charge is 0.392 e. The van der Waals surface area contributed by atoms with E-state index in [0.717, 1.165) is 51.6 Å². The van der Waals surface area contributed by atoms with Crippen molar-refractivity contribution in [2.24, 2.45) is 17.8 Å². The Morgan fingerprint density at radius 1 is 1.04 bits per heavy atom. The summed E-state index contributed by atoms with van der Waals surface area (Å²) >= 11 is 0. The summed E-state index contributed by atoms with van der Waals surface area (Å²) in [6.07, 6.45) is 10.9. The van der Waals surface area contributed by atoms with Gasteiger partial charge in [0.2, 0.25) is 5.91 Å². The van der Waals surface area contributed by atoms with Crippen molar-refractivity contribution in [3.8, 4) is 0 Å². The highest BCUT2D eigenvalue weighted by molar-refractivity contribution is 5.79. The van der Waals surface area contributed by atoms with Gasteiger partial charge in [-0.15, -0.1) is 0 Å². The quantitative estimate of drug-likeness (QED) is 0.836. The van der Waals surface area contributed by atoms with E-state index in [1.807, 2.05) is 6.92 Å². The van der Waals surface area contributed by atoms with Crippen LogP contribution in [0.1, 0.15) is 71.1 Å². The molecular weight excluding hydrogens is 290 g/mol. The summed E-state index contributed by atoms with van der Waals surface area (Å²) in [5.41, 5.74) is 0. The van der Waals surface area contributed by atoms with Gasteiger partial charge in [-0.2, -0.15) is 0 Å². The standard InChI is InChI=1S/C19H33NO3/c1-2-23-15-10-8-14(9-11-15)20-19(22)17-12-7-13-5-3-4-6-16(13)18(17)21/h13-18,21H,2-12H2,1H3,(H,20,22). The first-order valence-electron chi connectivity index (χ1n) is 9.79. The monoisotopic (exact) mass is 323 g/mol. The number of nitrogens with one attached hydrogen (secondary N) is 1. The maximum atomic E-state index is 12.7. The number of amides is 1. The predicted molar refractivity (Wildman–Crippen MR) is 90.0 cm³/mol. The molecule has 4 unspecified atom stereocenters. The van der Waals surface area contributed by atoms with Crippen LogP contribution in [0.25, 0.3) is 0 Å². The second kappa shape index (κ2) is 7.98. The Balaban J connectivity index is 1.48. The molecule has 2 N–H and O–H groups in total. The molecule has 3 aliphatic rings. The molecule has 3 rings (SSSR count). The molecule has 0 heterocycles. The number of carbonyl (C=O) groups excluding carboxylic acids is 1. The molecule has 0 aromatic heterocycles. The summed E-state index contributed by atoms with van der Waals surface area (Å²) < 4.78 is 5.68. The molecular formula is C19H33NO3. The summed E-state index contributed by atoms with van der Waals surface area (Å²) in [5, 5.41) is 13.9. The van der Waals surface area contributed by atoms with Crippen LogP contribution in [0.2, 0.25) is 0 Å². The van der Waals surface area contributed by atoms with E-state index in [9.17, 15) is 9.90 Å². The molecule has 3 saturated carbocycles. The number of fused-ring (bicyclic) bond motifs is 1. The molecule has 3 aliphatic carbocycles. The van der Waals surface area contributed by atoms with E-state index in [1.165, 1.54) is 19.3 Å². The lowest BCUT2D eigenvalue weighted by Crippen LogP contribution is -2.50. The molecule has 4 atom stereocenters. The zero-order valence-electron chi connectivity index (χ0n) is 14.5. The Bertz CT molecular complexity index is 392. The number of aliphatic hydroxyl groups excluding tert-OH is 1. The summed E-state index contributed by atoms with van der Waals surface area (Å²) in [4.78, 5) is 12.7. The first-order chi connectivity index (χ1) is 11.2. The van der Waals surface area contributed by atoms with E-state index >= 15 is 0 Å². The second-order valence-electron chi connectivity index (χ2n) is 7.82. The highest BCUT2D eigenvalue weighted by atomic mass is 16.5. The van der Waals surface area contributed by atoms with E-state index in [0.29, 0.717) is 17.9 Å². The number of carbonyl (C=O) groups is 1. The van der Waals surface area contributed by atoms with Gasteiger partial charge in [-0.1, -0.05) is 19.3 Å². The molecule has 0 aromatic rings. The maximum absolute atomic E-state index is 12.7. The van der Waals surface area contributed by atoms with Crippen LogP contribution in [0.3, 0.4) is 0 Å². The lowest BCUT2D eigenvalue weighted by molar-refractivity contribution is -0.136. The van der Waals surface area contributed by atoms with E-state index in [4.69, 9.17) is 4.74 Å². The number of aliphatic hydroxyl groups is 1. The van der Waals surface area contributed by atoms with Crippen molar-refractivity contribution in [1.29, 1.82) is 0 Å². The molecule has 0 radical (unpaired) electrons. The van der Waals surface area contributed by atoms with Crippen molar-refractivity contribution < 1.29 is 14.6 Å². The lowest BCUT2D eigenvalue weighted by atomic mass is 9.65. The van der Waals surface area contributed by atoms with Gasteiger partial charge in [-0.05, 0) is 63.7 Å². The molecule has 4 nitrogen and oxygen atoms in total. The second-order valence-corrected chi connectivity index (χ2v) is 7.82. The molecule has 0 aliphatic heterocycles. The van der Waals surface area contributed by atoms with Gasteiger partial charge < -0.3 is 15.2 Å². The van der Waals surface area contributed by atoms with Crippen LogP contribution in [0.4, 0.5) is 0 Å². The number of hydrogen-bond acceptors (Lipinski definition) is 3. The van der Waals surface area contributed by atoms with E-state index in [-0.39, 0.29) is 17.9 Å². The van der Waals surface area contributed by atoms with Crippen LogP contribution in [0.15, 0.2) is 0 Å². The van der Waals surface area contributed by atoms with Crippen molar-refractivity contribution in [1.82, 2.24) is 5.32 Å². The van der Waals surface area contributed by atoms with Gasteiger partial charge in [-0.3, -0.25) is 4.79 Å². The van der Waals surface area contributed by atoms with Crippen molar-refractivity contribution in [2.45, 2.75) is 89.4 Å². The third kappa shape index (κ3) is 4.08. The minimum Gasteiger partial charge on any atom is -0.392 e. The van der Waals surface area contributed by atoms with Gasteiger partial charge in [0, 0.05) is 12.6 Å². The molecule has 0 spiro atoms. The SMILES string of the molecule is CCOC1CCC(NC(=O)C2CCC3CCCCC3C2O)CC1. The third-order valence-corrected chi connectivity index (χ3v) is 6.43. The zero-order valence-corrected chi connectivity index (χ0v) is 14.5. The summed E-state index contributed by atoms with van der Waals surface area (Å²) in [7, 11) is 0. The van der Waals surface area contributed by atoms with Crippen molar-refractivity contribution in [2.75, 3.05) is 6.61 Å². The zero-order chi connectivity index (χ0) is 16.2. The molecule has 0 bridgehead atoms. The third-order valence-electron chi connectivity index (χ3n) is 6.43. The number of rotatable bonds is 4. The van der Waals surface area contributed by atoms with Crippen LogP contribution in [-0.2, 0) is 9.53 Å². The fourth-order valence-corrected chi connectivity index (χ4v) is 5.11. The molecule has 132 valence electrons. The lowest BCUT2D eigenvalue weighted by Gasteiger charge is -2.43. The van der Waals surface area contributed by atoms with Gasteiger partial charge in [0.15, 0.2) is 0 Å². The summed E-state index contributed by atoms with van der Waals surface area (Å²) in [6, 6.07) is 0.274. The fourth-order valence-electron chi connectivity index (χ4n) is 5.11. The maximum Gasteiger partial charge on any atom is 0.225 e. The summed E-state index contributed by atoms with van der Waals surface area (Å²) in [6.45, 7) is 2.81. The fraction of sp³-hybridized carbons (Fsp3) is 0.947. The van der Waals surface area contributed by atoms with Gasteiger partial charge in [0.25, 0.3) is 0 Å². The molecule has 0 aromatic carbocycles. The molecule has 1 amide bonds. The van der Waals surface area contributed by atoms with E-state index < -0.39 is 6.10 Å². The average Bonchev–Trinajstić information content (AvgIpc) is 2.57. The molecule has 4 heteroatoms. The van der Waals surface area contributed by atoms with Crippen LogP contribution in [0.5, 0.6) is 0 Å². The van der Waals surface area contributed by atoms with Crippen molar-refractivity contribution >= 4 is 5.91 Å². The first-order valence-corrected chi connectivity index (χ1v) is 9.79. The van der Waals surface area contributed by atoms with Gasteiger partial charge in [0.05, 0.1) is 18.1 Å². The predicted octanol–water partition coefficient (Wildman–Crippen LogP) is 3.03. The normalized spacial score (nSPS) is 41.1. The van der Waals surface area contributed by atoms with Crippen LogP contribution >= 0.6 is 0 Å². The minimum absolute atomic E-state index is 0.0985. The number of hydrogen-bond donors (Lipinski definition) is 2. The topological polar surface area (TPSA) is 58.6 Å². The molecule has 3 fully saturated rings. The Kier molecular flexibility index (Phi) is 5.97. The molecule has 23 heavy (non-hydrogen) atoms. The first kappa shape index (κ1) is 17.2. The van der Waals surface area contributed by atoms with Gasteiger partial charge in [0.1, 0.15) is 0 Å². The van der Waals surface area contributed by atoms with Gasteiger partial charge >= 0.3 is 0 Å². The van der Waals surface area contributed by atoms with E-state index in [2.05, 4.69) is 5.32 Å². The van der Waals surface area contributed by atoms with Crippen LogP contribution < -0.4 is 5.32 Å². The minimum atomic E-state index is -0.422. The van der Waals surface area contributed by atoms with Gasteiger partial charge in [-0.25, -0.2) is 0 Å². The molecule has 0 saturated heterocycles. The summed E-state index contributed by atoms with van der Waals surface area (Å²) in [5.74, 6) is 0.937. The Morgan fingerprint density at radius 2 is 1.78 bits per heavy atom.